The molecule has 0 radical (unpaired) electrons. The Morgan fingerprint density at radius 3 is 2.68 bits per heavy atom. The maximum atomic E-state index is 11.7. The van der Waals surface area contributed by atoms with Crippen LogP contribution >= 0.6 is 23.5 Å². The summed E-state index contributed by atoms with van der Waals surface area (Å²) in [4.78, 5) is 16.4. The quantitative estimate of drug-likeness (QED) is 0.736. The predicted molar refractivity (Wildman–Crippen MR) is 85.5 cm³/mol. The number of nitrogens with zero attached hydrogens (tertiary/aromatic N) is 1. The van der Waals surface area contributed by atoms with Crippen LogP contribution in [-0.2, 0) is 4.79 Å². The third-order valence-electron chi connectivity index (χ3n) is 2.85. The Kier molecular flexibility index (Phi) is 3.44. The minimum Gasteiger partial charge on any atom is -0.266 e. The lowest BCUT2D eigenvalue weighted by Gasteiger charge is -2.00. The standard InChI is InChI=1S/C15H11NOS2/c1-18-15-16-14(17)13(19-15)9-10-6-7-11-4-2-3-5-12(11)8-10/h2-9H,1H3/b13-9-. The SMILES string of the molecule is CSC1=NC(=O)/C(=C/c2ccc3ccccc3c2)S1. The van der Waals surface area contributed by atoms with Gasteiger partial charge in [-0.15, -0.1) is 11.8 Å². The van der Waals surface area contributed by atoms with E-state index in [4.69, 9.17) is 0 Å². The summed E-state index contributed by atoms with van der Waals surface area (Å²) in [5, 5.41) is 2.38. The summed E-state index contributed by atoms with van der Waals surface area (Å²) < 4.78 is 0.817. The van der Waals surface area contributed by atoms with Gasteiger partial charge in [0.1, 0.15) is 4.38 Å². The van der Waals surface area contributed by atoms with Gasteiger partial charge in [-0.25, -0.2) is 0 Å². The zero-order valence-corrected chi connectivity index (χ0v) is 11.9. The molecule has 0 aromatic heterocycles. The first-order valence-electron chi connectivity index (χ1n) is 5.81. The van der Waals surface area contributed by atoms with Crippen LogP contribution in [0.1, 0.15) is 5.56 Å². The van der Waals surface area contributed by atoms with Crippen molar-refractivity contribution in [1.82, 2.24) is 0 Å². The molecule has 4 heteroatoms. The molecule has 0 unspecified atom stereocenters. The second-order valence-corrected chi connectivity index (χ2v) is 6.19. The van der Waals surface area contributed by atoms with E-state index >= 15 is 0 Å². The minimum absolute atomic E-state index is 0.137. The van der Waals surface area contributed by atoms with Crippen molar-refractivity contribution in [3.63, 3.8) is 0 Å². The zero-order chi connectivity index (χ0) is 13.2. The fraction of sp³-hybridized carbons (Fsp3) is 0.0667. The largest absolute Gasteiger partial charge is 0.285 e. The van der Waals surface area contributed by atoms with Gasteiger partial charge >= 0.3 is 0 Å². The van der Waals surface area contributed by atoms with Gasteiger partial charge in [0.25, 0.3) is 5.91 Å². The van der Waals surface area contributed by atoms with Crippen LogP contribution in [0.3, 0.4) is 0 Å². The van der Waals surface area contributed by atoms with E-state index in [9.17, 15) is 4.79 Å². The van der Waals surface area contributed by atoms with Gasteiger partial charge in [-0.2, -0.15) is 4.99 Å². The number of aliphatic imine (C=N–C) groups is 1. The highest BCUT2D eigenvalue weighted by Crippen LogP contribution is 2.32. The van der Waals surface area contributed by atoms with Crippen LogP contribution in [0.2, 0.25) is 0 Å². The summed E-state index contributed by atoms with van der Waals surface area (Å²) in [6.07, 6.45) is 3.84. The van der Waals surface area contributed by atoms with Crippen molar-refractivity contribution in [2.45, 2.75) is 0 Å². The number of carbonyl (C=O) groups excluding carboxylic acids is 1. The summed E-state index contributed by atoms with van der Waals surface area (Å²) in [6, 6.07) is 14.4. The second-order valence-electron chi connectivity index (χ2n) is 4.10. The van der Waals surface area contributed by atoms with E-state index in [-0.39, 0.29) is 5.91 Å². The maximum absolute atomic E-state index is 11.7. The van der Waals surface area contributed by atoms with E-state index < -0.39 is 0 Å². The van der Waals surface area contributed by atoms with Crippen LogP contribution in [0.4, 0.5) is 0 Å². The van der Waals surface area contributed by atoms with E-state index in [0.29, 0.717) is 4.91 Å². The number of amides is 1. The number of fused-ring (bicyclic) bond motifs is 1. The summed E-state index contributed by atoms with van der Waals surface area (Å²) in [5.74, 6) is -0.137. The number of carbonyl (C=O) groups is 1. The van der Waals surface area contributed by atoms with Crippen LogP contribution in [-0.4, -0.2) is 16.5 Å². The maximum Gasteiger partial charge on any atom is 0.285 e. The van der Waals surface area contributed by atoms with Gasteiger partial charge in [0.2, 0.25) is 0 Å². The summed E-state index contributed by atoms with van der Waals surface area (Å²) >= 11 is 2.95. The highest BCUT2D eigenvalue weighted by Gasteiger charge is 2.20. The minimum atomic E-state index is -0.137. The Balaban J connectivity index is 1.96. The molecule has 2 nitrogen and oxygen atoms in total. The number of rotatable bonds is 1. The summed E-state index contributed by atoms with van der Waals surface area (Å²) in [7, 11) is 0. The van der Waals surface area contributed by atoms with E-state index in [1.807, 2.05) is 30.5 Å². The van der Waals surface area contributed by atoms with Crippen LogP contribution < -0.4 is 0 Å². The van der Waals surface area contributed by atoms with Crippen molar-refractivity contribution in [1.29, 1.82) is 0 Å². The molecule has 0 fully saturated rings. The van der Waals surface area contributed by atoms with E-state index in [2.05, 4.69) is 29.3 Å². The third-order valence-corrected chi connectivity index (χ3v) is 4.82. The Bertz CT molecular complexity index is 719. The van der Waals surface area contributed by atoms with Crippen LogP contribution in [0.25, 0.3) is 16.8 Å². The molecule has 0 saturated carbocycles. The normalized spacial score (nSPS) is 17.2. The Hall–Kier alpha value is -1.52. The highest BCUT2D eigenvalue weighted by molar-refractivity contribution is 8.40. The van der Waals surface area contributed by atoms with Crippen molar-refractivity contribution in [3.8, 4) is 0 Å². The average Bonchev–Trinajstić information content (AvgIpc) is 2.79. The van der Waals surface area contributed by atoms with Gasteiger partial charge in [-0.3, -0.25) is 4.79 Å². The summed E-state index contributed by atoms with van der Waals surface area (Å²) in [6.45, 7) is 0. The van der Waals surface area contributed by atoms with Gasteiger partial charge in [-0.05, 0) is 34.7 Å². The molecule has 0 spiro atoms. The van der Waals surface area contributed by atoms with Gasteiger partial charge in [0.15, 0.2) is 0 Å². The smallest absolute Gasteiger partial charge is 0.266 e. The molecule has 94 valence electrons. The first-order valence-corrected chi connectivity index (χ1v) is 7.86. The predicted octanol–water partition coefficient (Wildman–Crippen LogP) is 4.17. The molecular weight excluding hydrogens is 274 g/mol. The number of benzene rings is 2. The molecule has 19 heavy (non-hydrogen) atoms. The third kappa shape index (κ3) is 2.60. The van der Waals surface area contributed by atoms with Crippen molar-refractivity contribution in [2.75, 3.05) is 6.26 Å². The highest BCUT2D eigenvalue weighted by atomic mass is 32.2. The van der Waals surface area contributed by atoms with Crippen LogP contribution in [0, 0.1) is 0 Å². The molecule has 0 N–H and O–H groups in total. The number of hydrogen-bond donors (Lipinski definition) is 0. The lowest BCUT2D eigenvalue weighted by Crippen LogP contribution is -1.87. The lowest BCUT2D eigenvalue weighted by molar-refractivity contribution is -0.113. The molecule has 0 atom stereocenters. The Labute approximate surface area is 120 Å². The van der Waals surface area contributed by atoms with Crippen LogP contribution in [0.15, 0.2) is 52.4 Å². The molecular formula is C15H11NOS2. The first-order chi connectivity index (χ1) is 9.26. The zero-order valence-electron chi connectivity index (χ0n) is 10.3. The fourth-order valence-corrected chi connectivity index (χ4v) is 3.35. The van der Waals surface area contributed by atoms with E-state index in [1.165, 1.54) is 34.3 Å². The molecule has 0 aliphatic carbocycles. The van der Waals surface area contributed by atoms with Gasteiger partial charge in [0.05, 0.1) is 4.91 Å². The molecule has 2 aromatic carbocycles. The average molecular weight is 285 g/mol. The number of thioether (sulfide) groups is 2. The van der Waals surface area contributed by atoms with Gasteiger partial charge in [0, 0.05) is 0 Å². The topological polar surface area (TPSA) is 29.4 Å². The molecule has 1 aliphatic heterocycles. The molecule has 0 bridgehead atoms. The Morgan fingerprint density at radius 1 is 1.16 bits per heavy atom. The molecule has 2 aromatic rings. The second kappa shape index (κ2) is 5.23. The molecule has 1 heterocycles. The van der Waals surface area contributed by atoms with Crippen molar-refractivity contribution in [2.24, 2.45) is 4.99 Å². The van der Waals surface area contributed by atoms with Crippen molar-refractivity contribution < 1.29 is 4.79 Å². The lowest BCUT2D eigenvalue weighted by atomic mass is 10.1. The fourth-order valence-electron chi connectivity index (χ4n) is 1.93. The molecule has 1 aliphatic rings. The molecule has 1 amide bonds. The van der Waals surface area contributed by atoms with Gasteiger partial charge in [-0.1, -0.05) is 48.2 Å². The summed E-state index contributed by atoms with van der Waals surface area (Å²) in [5.41, 5.74) is 1.03. The molecule has 0 saturated heterocycles. The van der Waals surface area contributed by atoms with E-state index in [0.717, 1.165) is 9.94 Å². The van der Waals surface area contributed by atoms with E-state index in [1.54, 1.807) is 0 Å². The van der Waals surface area contributed by atoms with Gasteiger partial charge < -0.3 is 0 Å². The molecule has 3 rings (SSSR count). The Morgan fingerprint density at radius 2 is 1.95 bits per heavy atom. The monoisotopic (exact) mass is 285 g/mol. The van der Waals surface area contributed by atoms with Crippen molar-refractivity contribution >= 4 is 50.7 Å². The first kappa shape index (κ1) is 12.5. The van der Waals surface area contributed by atoms with Crippen LogP contribution in [0.5, 0.6) is 0 Å². The van der Waals surface area contributed by atoms with Crippen molar-refractivity contribution in [3.05, 3.63) is 52.9 Å². The number of hydrogen-bond acceptors (Lipinski definition) is 3.